The quantitative estimate of drug-likeness (QED) is 0.828. The van der Waals surface area contributed by atoms with Crippen LogP contribution in [0.5, 0.6) is 11.5 Å². The minimum Gasteiger partial charge on any atom is -0.454 e. The summed E-state index contributed by atoms with van der Waals surface area (Å²) in [6, 6.07) is 3.96. The van der Waals surface area contributed by atoms with Gasteiger partial charge in [-0.1, -0.05) is 15.9 Å². The summed E-state index contributed by atoms with van der Waals surface area (Å²) >= 11 is 3.55. The molecule has 19 heavy (non-hydrogen) atoms. The van der Waals surface area contributed by atoms with Gasteiger partial charge in [0.1, 0.15) is 0 Å². The van der Waals surface area contributed by atoms with Gasteiger partial charge in [-0.15, -0.1) is 0 Å². The van der Waals surface area contributed by atoms with Gasteiger partial charge in [0.25, 0.3) is 0 Å². The smallest absolute Gasteiger partial charge is 0.231 e. The molecule has 2 heterocycles. The number of ether oxygens (including phenoxy) is 2. The zero-order chi connectivity index (χ0) is 13.1. The van der Waals surface area contributed by atoms with Crippen molar-refractivity contribution in [2.75, 3.05) is 13.3 Å². The molecule has 6 heteroatoms. The Kier molecular flexibility index (Phi) is 3.70. The molecule has 100 valence electrons. The molecule has 0 fully saturated rings. The Balaban J connectivity index is 1.55. The lowest BCUT2D eigenvalue weighted by Crippen LogP contribution is -2.17. The number of nitrogens with one attached hydrogen (secondary N) is 2. The maximum absolute atomic E-state index is 5.38. The molecule has 0 amide bonds. The highest BCUT2D eigenvalue weighted by Crippen LogP contribution is 2.36. The topological polar surface area (TPSA) is 59.2 Å². The van der Waals surface area contributed by atoms with E-state index in [9.17, 15) is 0 Å². The predicted octanol–water partition coefficient (Wildman–Crippen LogP) is 2.23. The van der Waals surface area contributed by atoms with Crippen molar-refractivity contribution in [2.24, 2.45) is 0 Å². The third kappa shape index (κ3) is 2.90. The number of benzene rings is 1. The molecular formula is C13H14BrN3O2. The summed E-state index contributed by atoms with van der Waals surface area (Å²) in [6.07, 6.45) is 4.48. The van der Waals surface area contributed by atoms with Crippen LogP contribution in [0.3, 0.4) is 0 Å². The highest BCUT2D eigenvalue weighted by Gasteiger charge is 2.15. The van der Waals surface area contributed by atoms with Crippen molar-refractivity contribution in [1.82, 2.24) is 15.3 Å². The molecule has 0 saturated heterocycles. The monoisotopic (exact) mass is 323 g/mol. The molecule has 2 aromatic rings. The second-order valence-electron chi connectivity index (χ2n) is 4.30. The number of hydrogen-bond acceptors (Lipinski definition) is 4. The number of H-pyrrole nitrogens is 1. The van der Waals surface area contributed by atoms with Crippen LogP contribution in [0.1, 0.15) is 11.3 Å². The van der Waals surface area contributed by atoms with Crippen LogP contribution in [0.15, 0.2) is 29.1 Å². The summed E-state index contributed by atoms with van der Waals surface area (Å²) in [5, 5.41) is 3.40. The zero-order valence-corrected chi connectivity index (χ0v) is 11.9. The van der Waals surface area contributed by atoms with Gasteiger partial charge >= 0.3 is 0 Å². The van der Waals surface area contributed by atoms with E-state index in [0.29, 0.717) is 6.79 Å². The normalized spacial score (nSPS) is 12.9. The molecule has 1 aliphatic heterocycles. The van der Waals surface area contributed by atoms with E-state index in [2.05, 4.69) is 31.2 Å². The molecule has 1 aromatic heterocycles. The van der Waals surface area contributed by atoms with Crippen LogP contribution >= 0.6 is 15.9 Å². The first-order valence-corrected chi connectivity index (χ1v) is 6.88. The number of aromatic amines is 1. The number of aromatic nitrogens is 2. The van der Waals surface area contributed by atoms with E-state index < -0.39 is 0 Å². The number of imidazole rings is 1. The lowest BCUT2D eigenvalue weighted by Gasteiger charge is -2.07. The molecule has 0 saturated carbocycles. The van der Waals surface area contributed by atoms with Gasteiger partial charge in [-0.25, -0.2) is 4.98 Å². The third-order valence-corrected chi connectivity index (χ3v) is 3.72. The second-order valence-corrected chi connectivity index (χ2v) is 5.15. The fraction of sp³-hybridized carbons (Fsp3) is 0.308. The Morgan fingerprint density at radius 1 is 1.32 bits per heavy atom. The maximum atomic E-state index is 5.38. The second kappa shape index (κ2) is 5.63. The van der Waals surface area contributed by atoms with E-state index >= 15 is 0 Å². The van der Waals surface area contributed by atoms with Crippen molar-refractivity contribution in [3.8, 4) is 11.5 Å². The Morgan fingerprint density at radius 3 is 2.95 bits per heavy atom. The maximum Gasteiger partial charge on any atom is 0.231 e. The van der Waals surface area contributed by atoms with Crippen molar-refractivity contribution in [1.29, 1.82) is 0 Å². The molecule has 5 nitrogen and oxygen atoms in total. The first-order chi connectivity index (χ1) is 9.33. The number of hydrogen-bond donors (Lipinski definition) is 2. The minimum atomic E-state index is 0.304. The van der Waals surface area contributed by atoms with E-state index in [1.54, 1.807) is 6.33 Å². The first kappa shape index (κ1) is 12.5. The predicted molar refractivity (Wildman–Crippen MR) is 74.3 cm³/mol. The van der Waals surface area contributed by atoms with E-state index in [1.807, 2.05) is 18.3 Å². The average Bonchev–Trinajstić information content (AvgIpc) is 3.05. The third-order valence-electron chi connectivity index (χ3n) is 2.98. The molecule has 0 atom stereocenters. The van der Waals surface area contributed by atoms with Gasteiger partial charge in [0.2, 0.25) is 6.79 Å². The van der Waals surface area contributed by atoms with Crippen molar-refractivity contribution in [3.05, 3.63) is 40.4 Å². The fourth-order valence-electron chi connectivity index (χ4n) is 1.96. The van der Waals surface area contributed by atoms with Gasteiger partial charge in [0, 0.05) is 35.9 Å². The van der Waals surface area contributed by atoms with E-state index in [4.69, 9.17) is 9.47 Å². The van der Waals surface area contributed by atoms with Gasteiger partial charge in [0.15, 0.2) is 11.5 Å². The lowest BCUT2D eigenvalue weighted by molar-refractivity contribution is 0.174. The van der Waals surface area contributed by atoms with Gasteiger partial charge in [-0.05, 0) is 17.7 Å². The van der Waals surface area contributed by atoms with Crippen LogP contribution in [0.25, 0.3) is 0 Å². The zero-order valence-electron chi connectivity index (χ0n) is 10.3. The molecule has 2 N–H and O–H groups in total. The van der Waals surface area contributed by atoms with Crippen LogP contribution in [0.2, 0.25) is 0 Å². The highest BCUT2D eigenvalue weighted by molar-refractivity contribution is 9.10. The summed E-state index contributed by atoms with van der Waals surface area (Å²) in [5.74, 6) is 1.61. The fourth-order valence-corrected chi connectivity index (χ4v) is 2.42. The largest absolute Gasteiger partial charge is 0.454 e. The Morgan fingerprint density at radius 2 is 2.16 bits per heavy atom. The summed E-state index contributed by atoms with van der Waals surface area (Å²) in [6.45, 7) is 1.98. The number of fused-ring (bicyclic) bond motifs is 1. The summed E-state index contributed by atoms with van der Waals surface area (Å²) in [4.78, 5) is 7.08. The summed E-state index contributed by atoms with van der Waals surface area (Å²) in [5.41, 5.74) is 2.30. The molecular weight excluding hydrogens is 310 g/mol. The SMILES string of the molecule is Brc1cc2c(cc1CNCCc1cnc[nH]1)OCO2. The summed E-state index contributed by atoms with van der Waals surface area (Å²) in [7, 11) is 0. The molecule has 1 aliphatic rings. The van der Waals surface area contributed by atoms with Crippen LogP contribution in [-0.2, 0) is 13.0 Å². The Bertz CT molecular complexity index is 557. The molecule has 0 radical (unpaired) electrons. The van der Waals surface area contributed by atoms with Crippen LogP contribution in [0, 0.1) is 0 Å². The highest BCUT2D eigenvalue weighted by atomic mass is 79.9. The molecule has 3 rings (SSSR count). The van der Waals surface area contributed by atoms with Crippen molar-refractivity contribution >= 4 is 15.9 Å². The van der Waals surface area contributed by atoms with E-state index in [0.717, 1.165) is 46.7 Å². The van der Waals surface area contributed by atoms with Crippen molar-refractivity contribution in [3.63, 3.8) is 0 Å². The van der Waals surface area contributed by atoms with Crippen LogP contribution in [-0.4, -0.2) is 23.3 Å². The molecule has 1 aromatic carbocycles. The van der Waals surface area contributed by atoms with E-state index in [-0.39, 0.29) is 0 Å². The van der Waals surface area contributed by atoms with Gasteiger partial charge in [-0.3, -0.25) is 0 Å². The standard InChI is InChI=1S/C13H14BrN3O2/c14-11-4-13-12(18-8-19-13)3-9(11)5-15-2-1-10-6-16-7-17-10/h3-4,6-7,15H,1-2,5,8H2,(H,16,17). The number of rotatable bonds is 5. The molecule has 0 spiro atoms. The Labute approximate surface area is 119 Å². The van der Waals surface area contributed by atoms with Crippen LogP contribution in [0.4, 0.5) is 0 Å². The number of nitrogens with zero attached hydrogens (tertiary/aromatic N) is 1. The average molecular weight is 324 g/mol. The number of halogens is 1. The molecule has 0 aliphatic carbocycles. The minimum absolute atomic E-state index is 0.304. The van der Waals surface area contributed by atoms with Crippen molar-refractivity contribution < 1.29 is 9.47 Å². The van der Waals surface area contributed by atoms with Crippen molar-refractivity contribution in [2.45, 2.75) is 13.0 Å². The molecule has 0 unspecified atom stereocenters. The van der Waals surface area contributed by atoms with Crippen LogP contribution < -0.4 is 14.8 Å². The first-order valence-electron chi connectivity index (χ1n) is 6.09. The lowest BCUT2D eigenvalue weighted by atomic mass is 10.2. The van der Waals surface area contributed by atoms with Gasteiger partial charge < -0.3 is 19.8 Å². The van der Waals surface area contributed by atoms with E-state index in [1.165, 1.54) is 0 Å². The summed E-state index contributed by atoms with van der Waals surface area (Å²) < 4.78 is 11.7. The van der Waals surface area contributed by atoms with Gasteiger partial charge in [0.05, 0.1) is 6.33 Å². The molecule has 0 bridgehead atoms. The van der Waals surface area contributed by atoms with Gasteiger partial charge in [-0.2, -0.15) is 0 Å². The Hall–Kier alpha value is -1.53.